The summed E-state index contributed by atoms with van der Waals surface area (Å²) in [5, 5.41) is 0. The molecule has 3 heteroatoms. The van der Waals surface area contributed by atoms with Crippen molar-refractivity contribution in [3.63, 3.8) is 0 Å². The fourth-order valence-corrected chi connectivity index (χ4v) is 4.89. The van der Waals surface area contributed by atoms with Crippen LogP contribution in [0, 0.1) is 5.92 Å². The molecule has 3 atom stereocenters. The quantitative estimate of drug-likeness (QED) is 0.693. The molecule has 1 saturated heterocycles. The van der Waals surface area contributed by atoms with Crippen molar-refractivity contribution in [2.24, 2.45) is 5.92 Å². The third kappa shape index (κ3) is 3.84. The molecular formula is C25H29NO2. The van der Waals surface area contributed by atoms with Crippen molar-refractivity contribution in [3.8, 4) is 5.75 Å². The molecule has 2 aliphatic rings. The molecule has 1 saturated carbocycles. The number of hydrogen-bond donors (Lipinski definition) is 0. The molecule has 4 rings (SSSR count). The van der Waals surface area contributed by atoms with Crippen molar-refractivity contribution in [2.75, 3.05) is 7.11 Å². The van der Waals surface area contributed by atoms with Crippen LogP contribution >= 0.6 is 0 Å². The molecule has 0 aromatic heterocycles. The summed E-state index contributed by atoms with van der Waals surface area (Å²) >= 11 is 0. The predicted octanol–water partition coefficient (Wildman–Crippen LogP) is 5.63. The molecule has 1 aliphatic carbocycles. The van der Waals surface area contributed by atoms with Gasteiger partial charge in [-0.1, -0.05) is 54.1 Å². The highest BCUT2D eigenvalue weighted by Gasteiger charge is 2.40. The van der Waals surface area contributed by atoms with E-state index in [1.54, 1.807) is 7.11 Å². The SMILES string of the molecule is COc1ccc(C=C2CC[C@@H]3[C@H](CCC(=O)N3[C@H](C)c3ccccc3)C2)cc1. The van der Waals surface area contributed by atoms with Gasteiger partial charge in [0, 0.05) is 12.5 Å². The van der Waals surface area contributed by atoms with Gasteiger partial charge >= 0.3 is 0 Å². The molecule has 1 amide bonds. The molecule has 1 aliphatic heterocycles. The molecule has 2 aromatic carbocycles. The molecule has 0 N–H and O–H groups in total. The molecule has 146 valence electrons. The van der Waals surface area contributed by atoms with Crippen LogP contribution in [-0.4, -0.2) is 24.0 Å². The Balaban J connectivity index is 1.50. The minimum atomic E-state index is 0.147. The lowest BCUT2D eigenvalue weighted by atomic mass is 9.74. The van der Waals surface area contributed by atoms with Crippen molar-refractivity contribution >= 4 is 12.0 Å². The zero-order valence-corrected chi connectivity index (χ0v) is 16.8. The molecule has 1 heterocycles. The summed E-state index contributed by atoms with van der Waals surface area (Å²) in [4.78, 5) is 15.0. The molecule has 0 spiro atoms. The summed E-state index contributed by atoms with van der Waals surface area (Å²) in [5.41, 5.74) is 3.97. The van der Waals surface area contributed by atoms with E-state index in [0.29, 0.717) is 24.3 Å². The number of likely N-dealkylation sites (tertiary alicyclic amines) is 1. The maximum Gasteiger partial charge on any atom is 0.223 e. The van der Waals surface area contributed by atoms with Crippen LogP contribution < -0.4 is 4.74 Å². The summed E-state index contributed by atoms with van der Waals surface area (Å²) in [7, 11) is 1.70. The van der Waals surface area contributed by atoms with Crippen LogP contribution in [0.15, 0.2) is 60.2 Å². The molecular weight excluding hydrogens is 346 g/mol. The van der Waals surface area contributed by atoms with Gasteiger partial charge in [-0.2, -0.15) is 0 Å². The highest BCUT2D eigenvalue weighted by atomic mass is 16.5. The first kappa shape index (κ1) is 18.8. The van der Waals surface area contributed by atoms with E-state index in [-0.39, 0.29) is 6.04 Å². The lowest BCUT2D eigenvalue weighted by Crippen LogP contribution is -2.51. The highest BCUT2D eigenvalue weighted by Crippen LogP contribution is 2.42. The number of rotatable bonds is 4. The number of carbonyl (C=O) groups excluding carboxylic acids is 1. The second kappa shape index (κ2) is 8.22. The number of benzene rings is 2. The van der Waals surface area contributed by atoms with Gasteiger partial charge in [0.15, 0.2) is 0 Å². The van der Waals surface area contributed by atoms with Crippen LogP contribution in [0.25, 0.3) is 6.08 Å². The van der Waals surface area contributed by atoms with Crippen LogP contribution in [0.3, 0.4) is 0 Å². The van der Waals surface area contributed by atoms with Crippen molar-refractivity contribution in [2.45, 2.75) is 51.1 Å². The number of amides is 1. The van der Waals surface area contributed by atoms with E-state index in [0.717, 1.165) is 31.4 Å². The minimum absolute atomic E-state index is 0.147. The van der Waals surface area contributed by atoms with Crippen molar-refractivity contribution < 1.29 is 9.53 Å². The van der Waals surface area contributed by atoms with Crippen LogP contribution in [0.2, 0.25) is 0 Å². The molecule has 0 radical (unpaired) electrons. The van der Waals surface area contributed by atoms with E-state index in [2.05, 4.69) is 54.3 Å². The van der Waals surface area contributed by atoms with Gasteiger partial charge in [0.05, 0.1) is 13.2 Å². The van der Waals surface area contributed by atoms with Crippen LogP contribution in [0.4, 0.5) is 0 Å². The summed E-state index contributed by atoms with van der Waals surface area (Å²) in [5.74, 6) is 1.78. The molecule has 28 heavy (non-hydrogen) atoms. The third-order valence-corrected chi connectivity index (χ3v) is 6.39. The summed E-state index contributed by atoms with van der Waals surface area (Å²) in [6.45, 7) is 2.18. The third-order valence-electron chi connectivity index (χ3n) is 6.39. The van der Waals surface area contributed by atoms with Crippen LogP contribution in [-0.2, 0) is 4.79 Å². The van der Waals surface area contributed by atoms with E-state index in [4.69, 9.17) is 4.74 Å². The van der Waals surface area contributed by atoms with Gasteiger partial charge in [0.1, 0.15) is 5.75 Å². The van der Waals surface area contributed by atoms with Crippen LogP contribution in [0.5, 0.6) is 5.75 Å². The standard InChI is InChI=1S/C25H29NO2/c1-18(21-6-4-3-5-7-21)26-24-14-10-20(17-22(24)11-15-25(26)27)16-19-8-12-23(28-2)13-9-19/h3-9,12-13,16,18,22,24H,10-11,14-15,17H2,1-2H3/t18-,22-,24-/m1/s1. The van der Waals surface area contributed by atoms with Crippen LogP contribution in [0.1, 0.15) is 56.2 Å². The monoisotopic (exact) mass is 375 g/mol. The lowest BCUT2D eigenvalue weighted by molar-refractivity contribution is -0.142. The molecule has 2 fully saturated rings. The van der Waals surface area contributed by atoms with Gasteiger partial charge in [0.25, 0.3) is 0 Å². The topological polar surface area (TPSA) is 29.5 Å². The predicted molar refractivity (Wildman–Crippen MR) is 113 cm³/mol. The number of allylic oxidation sites excluding steroid dienone is 1. The maximum absolute atomic E-state index is 12.8. The fraction of sp³-hybridized carbons (Fsp3) is 0.400. The van der Waals surface area contributed by atoms with Crippen molar-refractivity contribution in [1.82, 2.24) is 4.90 Å². The summed E-state index contributed by atoms with van der Waals surface area (Å²) < 4.78 is 5.25. The first-order valence-corrected chi connectivity index (χ1v) is 10.4. The highest BCUT2D eigenvalue weighted by molar-refractivity contribution is 5.78. The second-order valence-electron chi connectivity index (χ2n) is 8.07. The minimum Gasteiger partial charge on any atom is -0.497 e. The Kier molecular flexibility index (Phi) is 5.52. The Hall–Kier alpha value is -2.55. The Morgan fingerprint density at radius 2 is 1.79 bits per heavy atom. The first-order valence-electron chi connectivity index (χ1n) is 10.4. The Morgan fingerprint density at radius 3 is 2.50 bits per heavy atom. The van der Waals surface area contributed by atoms with Crippen molar-refractivity contribution in [3.05, 3.63) is 71.3 Å². The smallest absolute Gasteiger partial charge is 0.223 e. The number of hydrogen-bond acceptors (Lipinski definition) is 2. The fourth-order valence-electron chi connectivity index (χ4n) is 4.89. The second-order valence-corrected chi connectivity index (χ2v) is 8.07. The number of fused-ring (bicyclic) bond motifs is 1. The van der Waals surface area contributed by atoms with Gasteiger partial charge in [-0.25, -0.2) is 0 Å². The largest absolute Gasteiger partial charge is 0.497 e. The molecule has 3 nitrogen and oxygen atoms in total. The maximum atomic E-state index is 12.8. The Bertz CT molecular complexity index is 841. The number of carbonyl (C=O) groups is 1. The molecule has 0 unspecified atom stereocenters. The van der Waals surface area contributed by atoms with Gasteiger partial charge in [-0.3, -0.25) is 4.79 Å². The van der Waals surface area contributed by atoms with E-state index in [1.165, 1.54) is 16.7 Å². The molecule has 2 aromatic rings. The van der Waals surface area contributed by atoms with E-state index < -0.39 is 0 Å². The average molecular weight is 376 g/mol. The zero-order valence-electron chi connectivity index (χ0n) is 16.8. The van der Waals surface area contributed by atoms with E-state index in [9.17, 15) is 4.79 Å². The van der Waals surface area contributed by atoms with Crippen molar-refractivity contribution in [1.29, 1.82) is 0 Å². The normalized spacial score (nSPS) is 24.7. The zero-order chi connectivity index (χ0) is 19.5. The Labute approximate surface area is 168 Å². The summed E-state index contributed by atoms with van der Waals surface area (Å²) in [6, 6.07) is 19.2. The lowest BCUT2D eigenvalue weighted by Gasteiger charge is -2.47. The van der Waals surface area contributed by atoms with E-state index in [1.807, 2.05) is 18.2 Å². The number of ether oxygens (including phenoxy) is 1. The first-order chi connectivity index (χ1) is 13.7. The van der Waals surface area contributed by atoms with Gasteiger partial charge < -0.3 is 9.64 Å². The molecule has 0 bridgehead atoms. The number of piperidine rings is 1. The van der Waals surface area contributed by atoms with E-state index >= 15 is 0 Å². The van der Waals surface area contributed by atoms with Gasteiger partial charge in [0.2, 0.25) is 5.91 Å². The summed E-state index contributed by atoms with van der Waals surface area (Å²) in [6.07, 6.45) is 7.25. The van der Waals surface area contributed by atoms with Gasteiger partial charge in [-0.15, -0.1) is 0 Å². The van der Waals surface area contributed by atoms with Gasteiger partial charge in [-0.05, 0) is 61.8 Å². The number of nitrogens with zero attached hydrogens (tertiary/aromatic N) is 1. The Morgan fingerprint density at radius 1 is 1.04 bits per heavy atom. The number of methoxy groups -OCH3 is 1. The average Bonchev–Trinajstić information content (AvgIpc) is 2.74.